The zero-order valence-corrected chi connectivity index (χ0v) is 16.7. The summed E-state index contributed by atoms with van der Waals surface area (Å²) in [6.07, 6.45) is -4.90. The van der Waals surface area contributed by atoms with Gasteiger partial charge in [0.2, 0.25) is 0 Å². The summed E-state index contributed by atoms with van der Waals surface area (Å²) in [7, 11) is 2.07. The van der Waals surface area contributed by atoms with Gasteiger partial charge in [-0.15, -0.1) is 0 Å². The van der Waals surface area contributed by atoms with Crippen molar-refractivity contribution in [3.63, 3.8) is 0 Å². The fourth-order valence-corrected chi connectivity index (χ4v) is 3.17. The molecule has 0 aliphatic heterocycles. The molecule has 3 aromatic rings. The van der Waals surface area contributed by atoms with Crippen molar-refractivity contribution < 1.29 is 36.6 Å². The highest BCUT2D eigenvalue weighted by Crippen LogP contribution is 2.40. The fourth-order valence-electron chi connectivity index (χ4n) is 2.89. The molecule has 0 atom stereocenters. The minimum absolute atomic E-state index is 0.303. The van der Waals surface area contributed by atoms with Crippen LogP contribution in [0.5, 0.6) is 0 Å². The van der Waals surface area contributed by atoms with Crippen LogP contribution in [0.25, 0.3) is 16.9 Å². The highest BCUT2D eigenvalue weighted by atomic mass is 35.5. The Bertz CT molecular complexity index is 1160. The maximum atomic E-state index is 14.9. The smallest absolute Gasteiger partial charge is 0.417 e. The van der Waals surface area contributed by atoms with Gasteiger partial charge >= 0.3 is 18.1 Å². The van der Waals surface area contributed by atoms with Gasteiger partial charge in [0.25, 0.3) is 0 Å². The van der Waals surface area contributed by atoms with Crippen LogP contribution >= 0.6 is 11.6 Å². The lowest BCUT2D eigenvalue weighted by molar-refractivity contribution is -0.137. The van der Waals surface area contributed by atoms with E-state index in [1.54, 1.807) is 30.3 Å². The molecule has 0 unspecified atom stereocenters. The predicted octanol–water partition coefficient (Wildman–Crippen LogP) is 4.92. The quantitative estimate of drug-likeness (QED) is 0.411. The van der Waals surface area contributed by atoms with Gasteiger partial charge in [0, 0.05) is 5.56 Å². The maximum absolute atomic E-state index is 14.9. The number of hydrogen-bond acceptors (Lipinski definition) is 5. The van der Waals surface area contributed by atoms with Gasteiger partial charge in [-0.2, -0.15) is 18.3 Å². The third-order valence-electron chi connectivity index (χ3n) is 4.30. The van der Waals surface area contributed by atoms with E-state index in [0.717, 1.165) is 25.0 Å². The number of para-hydroxylation sites is 1. The predicted molar refractivity (Wildman–Crippen MR) is 102 cm³/mol. The van der Waals surface area contributed by atoms with E-state index in [9.17, 15) is 27.2 Å². The maximum Gasteiger partial charge on any atom is 0.417 e. The number of alkyl halides is 3. The molecule has 3 rings (SSSR count). The molecule has 0 aliphatic rings. The average molecular weight is 457 g/mol. The Balaban J connectivity index is 2.38. The summed E-state index contributed by atoms with van der Waals surface area (Å²) in [5, 5.41) is 2.92. The van der Waals surface area contributed by atoms with Crippen molar-refractivity contribution in [1.29, 1.82) is 0 Å². The normalized spacial score (nSPS) is 11.3. The second-order valence-electron chi connectivity index (χ2n) is 6.09. The Kier molecular flexibility index (Phi) is 6.03. The summed E-state index contributed by atoms with van der Waals surface area (Å²) in [6, 6.07) is 9.33. The van der Waals surface area contributed by atoms with Crippen LogP contribution in [0.15, 0.2) is 42.5 Å². The highest BCUT2D eigenvalue weighted by Gasteiger charge is 2.37. The molecule has 11 heteroatoms. The number of carbonyl (C=O) groups excluding carboxylic acids is 2. The van der Waals surface area contributed by atoms with Crippen molar-refractivity contribution in [2.75, 3.05) is 14.2 Å². The lowest BCUT2D eigenvalue weighted by Crippen LogP contribution is -2.15. The molecule has 0 radical (unpaired) electrons. The number of rotatable bonds is 4. The Labute approximate surface area is 177 Å². The number of ether oxygens (including phenoxy) is 2. The number of nitrogens with zero attached hydrogens (tertiary/aromatic N) is 2. The topological polar surface area (TPSA) is 70.4 Å². The van der Waals surface area contributed by atoms with E-state index in [-0.39, 0.29) is 0 Å². The minimum Gasteiger partial charge on any atom is -0.465 e. The number of esters is 2. The first kappa shape index (κ1) is 22.3. The van der Waals surface area contributed by atoms with Gasteiger partial charge in [-0.1, -0.05) is 29.8 Å². The zero-order valence-electron chi connectivity index (χ0n) is 16.0. The molecule has 0 saturated heterocycles. The molecular weight excluding hydrogens is 444 g/mol. The summed E-state index contributed by atoms with van der Waals surface area (Å²) >= 11 is 5.61. The van der Waals surface area contributed by atoms with Gasteiger partial charge in [0.15, 0.2) is 11.5 Å². The molecular formula is C20H13ClF4N2O4. The monoisotopic (exact) mass is 456 g/mol. The van der Waals surface area contributed by atoms with Crippen LogP contribution in [-0.2, 0) is 15.7 Å². The molecule has 0 fully saturated rings. The van der Waals surface area contributed by atoms with E-state index < -0.39 is 57.0 Å². The van der Waals surface area contributed by atoms with Gasteiger partial charge in [0.1, 0.15) is 11.3 Å². The first-order valence-corrected chi connectivity index (χ1v) is 8.90. The molecule has 0 amide bonds. The first-order valence-electron chi connectivity index (χ1n) is 8.52. The third kappa shape index (κ3) is 3.98. The molecule has 0 aliphatic carbocycles. The van der Waals surface area contributed by atoms with Gasteiger partial charge in [-0.25, -0.2) is 18.7 Å². The van der Waals surface area contributed by atoms with E-state index in [1.165, 1.54) is 0 Å². The largest absolute Gasteiger partial charge is 0.465 e. The highest BCUT2D eigenvalue weighted by molar-refractivity contribution is 6.32. The van der Waals surface area contributed by atoms with Gasteiger partial charge in [0.05, 0.1) is 30.5 Å². The van der Waals surface area contributed by atoms with E-state index in [4.69, 9.17) is 21.1 Å². The number of carbonyl (C=O) groups is 2. The lowest BCUT2D eigenvalue weighted by atomic mass is 10.0. The van der Waals surface area contributed by atoms with Crippen molar-refractivity contribution >= 4 is 23.5 Å². The van der Waals surface area contributed by atoms with Crippen LogP contribution in [0.4, 0.5) is 17.6 Å². The van der Waals surface area contributed by atoms with E-state index in [1.807, 2.05) is 0 Å². The summed E-state index contributed by atoms with van der Waals surface area (Å²) in [5.41, 5.74) is -2.95. The van der Waals surface area contributed by atoms with Crippen LogP contribution < -0.4 is 0 Å². The molecule has 31 heavy (non-hydrogen) atoms. The number of methoxy groups -OCH3 is 2. The Morgan fingerprint density at radius 1 is 1.00 bits per heavy atom. The zero-order chi connectivity index (χ0) is 22.9. The van der Waals surface area contributed by atoms with Gasteiger partial charge in [-0.05, 0) is 24.3 Å². The van der Waals surface area contributed by atoms with Crippen molar-refractivity contribution in [3.05, 3.63) is 70.1 Å². The molecule has 6 nitrogen and oxygen atoms in total. The third-order valence-corrected chi connectivity index (χ3v) is 4.67. The molecule has 1 heterocycles. The van der Waals surface area contributed by atoms with Crippen LogP contribution in [0, 0.1) is 5.82 Å². The summed E-state index contributed by atoms with van der Waals surface area (Å²) in [6.45, 7) is 0. The van der Waals surface area contributed by atoms with E-state index in [0.29, 0.717) is 11.8 Å². The first-order chi connectivity index (χ1) is 14.6. The van der Waals surface area contributed by atoms with Crippen molar-refractivity contribution in [1.82, 2.24) is 9.78 Å². The molecule has 2 aromatic carbocycles. The van der Waals surface area contributed by atoms with E-state index >= 15 is 0 Å². The standard InChI is InChI=1S/C20H13ClF4N2O4/c1-30-18(28)13-16(11-8-9-12(20(23,24)25)14(21)15(11)22)26-27(17(13)19(29)31-2)10-6-4-3-5-7-10/h3-9H,1-2H3. The Hall–Kier alpha value is -3.40. The average Bonchev–Trinajstić information content (AvgIpc) is 3.14. The minimum atomic E-state index is -4.90. The number of benzene rings is 2. The number of aromatic nitrogens is 2. The number of halogens is 5. The van der Waals surface area contributed by atoms with Crippen molar-refractivity contribution in [3.8, 4) is 16.9 Å². The Morgan fingerprint density at radius 3 is 2.16 bits per heavy atom. The lowest BCUT2D eigenvalue weighted by Gasteiger charge is -2.11. The fraction of sp³-hybridized carbons (Fsp3) is 0.150. The second-order valence-corrected chi connectivity index (χ2v) is 6.47. The Morgan fingerprint density at radius 2 is 1.61 bits per heavy atom. The van der Waals surface area contributed by atoms with Crippen LogP contribution in [0.2, 0.25) is 5.02 Å². The molecule has 0 spiro atoms. The van der Waals surface area contributed by atoms with Gasteiger partial charge < -0.3 is 9.47 Å². The molecule has 162 valence electrons. The van der Waals surface area contributed by atoms with Crippen molar-refractivity contribution in [2.45, 2.75) is 6.18 Å². The molecule has 1 aromatic heterocycles. The van der Waals surface area contributed by atoms with Crippen LogP contribution in [0.3, 0.4) is 0 Å². The molecule has 0 N–H and O–H groups in total. The summed E-state index contributed by atoms with van der Waals surface area (Å²) in [4.78, 5) is 25.0. The van der Waals surface area contributed by atoms with Gasteiger partial charge in [-0.3, -0.25) is 0 Å². The SMILES string of the molecule is COC(=O)c1c(-c2ccc(C(F)(F)F)c(Cl)c2F)nn(-c2ccccc2)c1C(=O)OC. The summed E-state index contributed by atoms with van der Waals surface area (Å²) < 4.78 is 64.5. The molecule has 0 bridgehead atoms. The second kappa shape index (κ2) is 8.38. The molecule has 0 saturated carbocycles. The van der Waals surface area contributed by atoms with Crippen molar-refractivity contribution in [2.24, 2.45) is 0 Å². The number of hydrogen-bond donors (Lipinski definition) is 0. The van der Waals surface area contributed by atoms with Crippen LogP contribution in [-0.4, -0.2) is 35.9 Å². The summed E-state index contributed by atoms with van der Waals surface area (Å²) in [5.74, 6) is -3.54. The van der Waals surface area contributed by atoms with Crippen LogP contribution in [0.1, 0.15) is 26.4 Å². The van der Waals surface area contributed by atoms with E-state index in [2.05, 4.69) is 5.10 Å².